The van der Waals surface area contributed by atoms with E-state index >= 15 is 0 Å². The Morgan fingerprint density at radius 3 is 2.57 bits per heavy atom. The number of likely N-dealkylation sites (tertiary alicyclic amines) is 1. The Morgan fingerprint density at radius 1 is 1.09 bits per heavy atom. The molecule has 4 heteroatoms. The third-order valence-electron chi connectivity index (χ3n) is 4.80. The molecule has 2 aliphatic rings. The van der Waals surface area contributed by atoms with Crippen LogP contribution in [0.25, 0.3) is 0 Å². The van der Waals surface area contributed by atoms with Crippen molar-refractivity contribution in [2.45, 2.75) is 63.9 Å². The van der Waals surface area contributed by atoms with E-state index in [4.69, 9.17) is 14.2 Å². The smallest absolute Gasteiger partial charge is 0.124 e. The Labute approximate surface area is 139 Å². The van der Waals surface area contributed by atoms with Gasteiger partial charge in [-0.3, -0.25) is 4.90 Å². The molecule has 0 bridgehead atoms. The molecule has 1 heterocycles. The van der Waals surface area contributed by atoms with E-state index in [1.807, 2.05) is 24.3 Å². The van der Waals surface area contributed by atoms with E-state index in [9.17, 15) is 0 Å². The van der Waals surface area contributed by atoms with Gasteiger partial charge in [0.15, 0.2) is 0 Å². The number of benzene rings is 1. The van der Waals surface area contributed by atoms with Gasteiger partial charge in [-0.15, -0.1) is 0 Å². The summed E-state index contributed by atoms with van der Waals surface area (Å²) < 4.78 is 17.5. The van der Waals surface area contributed by atoms with Crippen LogP contribution in [-0.4, -0.2) is 49.5 Å². The first kappa shape index (κ1) is 16.6. The van der Waals surface area contributed by atoms with Crippen molar-refractivity contribution < 1.29 is 14.2 Å². The molecule has 0 N–H and O–H groups in total. The molecule has 2 atom stereocenters. The highest BCUT2D eigenvalue weighted by molar-refractivity contribution is 5.33. The van der Waals surface area contributed by atoms with E-state index in [1.54, 1.807) is 7.11 Å². The molecule has 0 radical (unpaired) electrons. The lowest BCUT2D eigenvalue weighted by Gasteiger charge is -2.48. The first-order valence-electron chi connectivity index (χ1n) is 8.86. The van der Waals surface area contributed by atoms with Crippen LogP contribution in [0.4, 0.5) is 0 Å². The summed E-state index contributed by atoms with van der Waals surface area (Å²) in [5, 5.41) is 0. The highest BCUT2D eigenvalue weighted by atomic mass is 16.5. The van der Waals surface area contributed by atoms with E-state index in [-0.39, 0.29) is 6.10 Å². The van der Waals surface area contributed by atoms with Crippen molar-refractivity contribution in [2.75, 3.05) is 20.2 Å². The molecular formula is C19H29NO3. The monoisotopic (exact) mass is 319 g/mol. The van der Waals surface area contributed by atoms with Crippen LogP contribution in [0.5, 0.6) is 11.5 Å². The van der Waals surface area contributed by atoms with E-state index in [1.165, 1.54) is 25.7 Å². The van der Waals surface area contributed by atoms with Gasteiger partial charge < -0.3 is 14.2 Å². The number of ether oxygens (including phenoxy) is 3. The van der Waals surface area contributed by atoms with Crippen molar-refractivity contribution in [3.05, 3.63) is 24.3 Å². The molecule has 1 saturated carbocycles. The number of hydrogen-bond acceptors (Lipinski definition) is 4. The molecule has 0 spiro atoms. The first-order chi connectivity index (χ1) is 11.2. The molecule has 1 aliphatic heterocycles. The van der Waals surface area contributed by atoms with Crippen LogP contribution in [0.15, 0.2) is 24.3 Å². The fourth-order valence-electron chi connectivity index (χ4n) is 3.69. The first-order valence-corrected chi connectivity index (χ1v) is 8.86. The highest BCUT2D eigenvalue weighted by Crippen LogP contribution is 2.31. The molecule has 0 aromatic heterocycles. The highest BCUT2D eigenvalue weighted by Gasteiger charge is 2.39. The maximum absolute atomic E-state index is 6.15. The summed E-state index contributed by atoms with van der Waals surface area (Å²) in [6.45, 7) is 6.27. The van der Waals surface area contributed by atoms with Crippen LogP contribution in [0.1, 0.15) is 39.5 Å². The number of rotatable bonds is 6. The number of hydrogen-bond donors (Lipinski definition) is 0. The predicted molar refractivity (Wildman–Crippen MR) is 91.2 cm³/mol. The Hall–Kier alpha value is -1.26. The average molecular weight is 319 g/mol. The van der Waals surface area contributed by atoms with Crippen molar-refractivity contribution >= 4 is 0 Å². The Bertz CT molecular complexity index is 499. The van der Waals surface area contributed by atoms with Gasteiger partial charge in [0.1, 0.15) is 17.6 Å². The van der Waals surface area contributed by atoms with Crippen molar-refractivity contribution in [2.24, 2.45) is 0 Å². The second-order valence-electron chi connectivity index (χ2n) is 6.95. The van der Waals surface area contributed by atoms with E-state index in [0.29, 0.717) is 18.2 Å². The van der Waals surface area contributed by atoms with Gasteiger partial charge in [0.05, 0.1) is 19.3 Å². The third kappa shape index (κ3) is 4.18. The van der Waals surface area contributed by atoms with Crippen molar-refractivity contribution in [3.63, 3.8) is 0 Å². The summed E-state index contributed by atoms with van der Waals surface area (Å²) in [4.78, 5) is 2.54. The number of nitrogens with zero attached hydrogens (tertiary/aromatic N) is 1. The average Bonchev–Trinajstić information content (AvgIpc) is 2.51. The fourth-order valence-corrected chi connectivity index (χ4v) is 3.69. The Kier molecular flexibility index (Phi) is 5.44. The van der Waals surface area contributed by atoms with E-state index in [2.05, 4.69) is 18.7 Å². The minimum Gasteiger partial charge on any atom is -0.497 e. The summed E-state index contributed by atoms with van der Waals surface area (Å²) in [7, 11) is 1.68. The van der Waals surface area contributed by atoms with Gasteiger partial charge in [-0.1, -0.05) is 18.9 Å². The molecule has 23 heavy (non-hydrogen) atoms. The van der Waals surface area contributed by atoms with Gasteiger partial charge in [-0.05, 0) is 38.8 Å². The van der Waals surface area contributed by atoms with Gasteiger partial charge in [0.25, 0.3) is 0 Å². The quantitative estimate of drug-likeness (QED) is 0.803. The normalized spacial score (nSPS) is 26.1. The minimum atomic E-state index is 0.281. The lowest BCUT2D eigenvalue weighted by Crippen LogP contribution is -2.61. The molecular weight excluding hydrogens is 290 g/mol. The van der Waals surface area contributed by atoms with Gasteiger partial charge >= 0.3 is 0 Å². The molecule has 4 nitrogen and oxygen atoms in total. The molecule has 128 valence electrons. The van der Waals surface area contributed by atoms with E-state index < -0.39 is 0 Å². The molecule has 1 saturated heterocycles. The lowest BCUT2D eigenvalue weighted by molar-refractivity contribution is -0.102. The fraction of sp³-hybridized carbons (Fsp3) is 0.684. The zero-order valence-corrected chi connectivity index (χ0v) is 14.5. The van der Waals surface area contributed by atoms with Gasteiger partial charge in [0.2, 0.25) is 0 Å². The maximum atomic E-state index is 6.15. The topological polar surface area (TPSA) is 30.9 Å². The summed E-state index contributed by atoms with van der Waals surface area (Å²) in [6.07, 6.45) is 6.05. The molecule has 1 aromatic rings. The third-order valence-corrected chi connectivity index (χ3v) is 4.80. The second kappa shape index (κ2) is 7.54. The van der Waals surface area contributed by atoms with Crippen molar-refractivity contribution in [3.8, 4) is 11.5 Å². The number of methoxy groups -OCH3 is 1. The maximum Gasteiger partial charge on any atom is 0.124 e. The summed E-state index contributed by atoms with van der Waals surface area (Å²) >= 11 is 0. The van der Waals surface area contributed by atoms with Gasteiger partial charge in [0, 0.05) is 25.2 Å². The standard InChI is InChI=1S/C19H29NO3/c1-14(2)22-19-10-5-4-9-18(19)20-12-17(13-20)23-16-8-6-7-15(11-16)21-3/h6-8,11,14,17-19H,4-5,9-10,12-13H2,1-3H3. The molecule has 1 aliphatic carbocycles. The molecule has 3 rings (SSSR count). The molecule has 1 aromatic carbocycles. The summed E-state index contributed by atoms with van der Waals surface area (Å²) in [5.74, 6) is 1.74. The van der Waals surface area contributed by atoms with Crippen molar-refractivity contribution in [1.29, 1.82) is 0 Å². The van der Waals surface area contributed by atoms with Crippen LogP contribution in [0.3, 0.4) is 0 Å². The zero-order chi connectivity index (χ0) is 16.2. The van der Waals surface area contributed by atoms with Crippen molar-refractivity contribution in [1.82, 2.24) is 4.90 Å². The predicted octanol–water partition coefficient (Wildman–Crippen LogP) is 3.49. The van der Waals surface area contributed by atoms with Crippen LogP contribution < -0.4 is 9.47 Å². The largest absolute Gasteiger partial charge is 0.497 e. The molecule has 2 fully saturated rings. The Balaban J connectivity index is 1.51. The van der Waals surface area contributed by atoms with Crippen LogP contribution in [0, 0.1) is 0 Å². The lowest BCUT2D eigenvalue weighted by atomic mass is 9.89. The summed E-state index contributed by atoms with van der Waals surface area (Å²) in [5.41, 5.74) is 0. The Morgan fingerprint density at radius 2 is 1.83 bits per heavy atom. The molecule has 0 amide bonds. The van der Waals surface area contributed by atoms with Crippen LogP contribution in [0.2, 0.25) is 0 Å². The molecule has 2 unspecified atom stereocenters. The van der Waals surface area contributed by atoms with Crippen LogP contribution in [-0.2, 0) is 4.74 Å². The SMILES string of the molecule is COc1cccc(OC2CN(C3CCCCC3OC(C)C)C2)c1. The van der Waals surface area contributed by atoms with Crippen LogP contribution >= 0.6 is 0 Å². The van der Waals surface area contributed by atoms with Gasteiger partial charge in [-0.25, -0.2) is 0 Å². The summed E-state index contributed by atoms with van der Waals surface area (Å²) in [6, 6.07) is 8.43. The van der Waals surface area contributed by atoms with Gasteiger partial charge in [-0.2, -0.15) is 0 Å². The zero-order valence-electron chi connectivity index (χ0n) is 14.5. The second-order valence-corrected chi connectivity index (χ2v) is 6.95. The van der Waals surface area contributed by atoms with E-state index in [0.717, 1.165) is 24.6 Å². The minimum absolute atomic E-state index is 0.281.